The molecule has 2 heterocycles. The minimum absolute atomic E-state index is 0.00760. The Bertz CT molecular complexity index is 975. The number of H-pyrrole nitrogens is 1. The molecule has 29 heavy (non-hydrogen) atoms. The van der Waals surface area contributed by atoms with Gasteiger partial charge in [-0.3, -0.25) is 14.4 Å². The van der Waals surface area contributed by atoms with E-state index in [-0.39, 0.29) is 35.9 Å². The lowest BCUT2D eigenvalue weighted by Crippen LogP contribution is -2.49. The van der Waals surface area contributed by atoms with Crippen molar-refractivity contribution in [1.82, 2.24) is 15.2 Å². The van der Waals surface area contributed by atoms with Gasteiger partial charge in [0.1, 0.15) is 6.04 Å². The topological polar surface area (TPSA) is 82.3 Å². The number of hydrogen-bond acceptors (Lipinski definition) is 3. The summed E-state index contributed by atoms with van der Waals surface area (Å²) in [6, 6.07) is 7.43. The summed E-state index contributed by atoms with van der Waals surface area (Å²) in [4.78, 5) is 42.1. The third-order valence-corrected chi connectivity index (χ3v) is 6.28. The Kier molecular flexibility index (Phi) is 5.69. The summed E-state index contributed by atoms with van der Waals surface area (Å²) in [6.07, 6.45) is 7.56. The van der Waals surface area contributed by atoms with E-state index >= 15 is 0 Å². The van der Waals surface area contributed by atoms with Crippen molar-refractivity contribution in [3.8, 4) is 0 Å². The quantitative estimate of drug-likeness (QED) is 0.835. The van der Waals surface area contributed by atoms with Crippen LogP contribution in [0.3, 0.4) is 0 Å². The first-order valence-corrected chi connectivity index (χ1v) is 10.7. The molecule has 2 amide bonds. The van der Waals surface area contributed by atoms with Crippen molar-refractivity contribution in [3.05, 3.63) is 45.7 Å². The van der Waals surface area contributed by atoms with Crippen LogP contribution in [0.1, 0.15) is 56.1 Å². The minimum atomic E-state index is -0.344. The Morgan fingerprint density at radius 2 is 1.90 bits per heavy atom. The molecule has 0 spiro atoms. The fraction of sp³-hybridized carbons (Fsp3) is 0.522. The second-order valence-corrected chi connectivity index (χ2v) is 8.47. The van der Waals surface area contributed by atoms with E-state index in [2.05, 4.69) is 10.3 Å². The maximum Gasteiger partial charge on any atom is 0.251 e. The van der Waals surface area contributed by atoms with E-state index in [4.69, 9.17) is 0 Å². The van der Waals surface area contributed by atoms with Crippen molar-refractivity contribution >= 4 is 22.7 Å². The lowest BCUT2D eigenvalue weighted by Gasteiger charge is -2.28. The van der Waals surface area contributed by atoms with Crippen LogP contribution in [-0.4, -0.2) is 40.3 Å². The lowest BCUT2D eigenvalue weighted by molar-refractivity contribution is -0.138. The monoisotopic (exact) mass is 395 g/mol. The van der Waals surface area contributed by atoms with Crippen molar-refractivity contribution in [2.45, 2.75) is 70.4 Å². The van der Waals surface area contributed by atoms with Crippen LogP contribution in [0.25, 0.3) is 10.9 Å². The van der Waals surface area contributed by atoms with E-state index in [1.54, 1.807) is 11.8 Å². The molecular formula is C23H29N3O3. The van der Waals surface area contributed by atoms with Gasteiger partial charge in [-0.1, -0.05) is 25.3 Å². The van der Waals surface area contributed by atoms with Crippen LogP contribution >= 0.6 is 0 Å². The van der Waals surface area contributed by atoms with Crippen molar-refractivity contribution in [2.75, 3.05) is 6.54 Å². The largest absolute Gasteiger partial charge is 0.352 e. The van der Waals surface area contributed by atoms with Gasteiger partial charge in [-0.15, -0.1) is 0 Å². The number of nitrogens with one attached hydrogen (secondary N) is 2. The Morgan fingerprint density at radius 3 is 2.69 bits per heavy atom. The van der Waals surface area contributed by atoms with Gasteiger partial charge in [0.25, 0.3) is 5.56 Å². The molecule has 0 radical (unpaired) electrons. The number of pyridine rings is 1. The lowest BCUT2D eigenvalue weighted by atomic mass is 9.95. The average molecular weight is 396 g/mol. The van der Waals surface area contributed by atoms with Crippen molar-refractivity contribution in [3.63, 3.8) is 0 Å². The zero-order valence-electron chi connectivity index (χ0n) is 17.0. The molecular weight excluding hydrogens is 366 g/mol. The van der Waals surface area contributed by atoms with Crippen LogP contribution in [0.4, 0.5) is 0 Å². The Morgan fingerprint density at radius 1 is 1.10 bits per heavy atom. The van der Waals surface area contributed by atoms with Gasteiger partial charge in [0.2, 0.25) is 11.8 Å². The molecule has 1 aliphatic carbocycles. The number of carbonyl (C=O) groups excluding carboxylic acids is 2. The first-order valence-electron chi connectivity index (χ1n) is 10.7. The predicted molar refractivity (Wildman–Crippen MR) is 113 cm³/mol. The molecule has 4 rings (SSSR count). The number of rotatable bonds is 4. The number of amides is 2. The number of likely N-dealkylation sites (tertiary alicyclic amines) is 1. The highest BCUT2D eigenvalue weighted by Gasteiger charge is 2.34. The molecule has 0 unspecified atom stereocenters. The van der Waals surface area contributed by atoms with Crippen molar-refractivity contribution in [2.24, 2.45) is 0 Å². The highest BCUT2D eigenvalue weighted by Crippen LogP contribution is 2.22. The number of aromatic amines is 1. The summed E-state index contributed by atoms with van der Waals surface area (Å²) in [7, 11) is 0. The Labute approximate surface area is 170 Å². The molecule has 6 heteroatoms. The van der Waals surface area contributed by atoms with E-state index < -0.39 is 0 Å². The van der Waals surface area contributed by atoms with E-state index in [1.165, 1.54) is 19.3 Å². The Hall–Kier alpha value is -2.63. The van der Waals surface area contributed by atoms with Crippen molar-refractivity contribution < 1.29 is 9.59 Å². The average Bonchev–Trinajstić information content (AvgIpc) is 3.20. The third kappa shape index (κ3) is 4.36. The van der Waals surface area contributed by atoms with Gasteiger partial charge in [0.05, 0.1) is 6.42 Å². The van der Waals surface area contributed by atoms with E-state index in [0.717, 1.165) is 42.1 Å². The first kappa shape index (κ1) is 19.7. The molecule has 1 atom stereocenters. The van der Waals surface area contributed by atoms with Crippen LogP contribution in [0.15, 0.2) is 29.1 Å². The summed E-state index contributed by atoms with van der Waals surface area (Å²) < 4.78 is 0. The van der Waals surface area contributed by atoms with Crippen LogP contribution in [-0.2, 0) is 16.0 Å². The standard InChI is InChI=1S/C23H29N3O3/c1-15-12-17-13-16(9-10-19(17)25-22(15)28)14-21(27)26-11-5-8-20(26)23(29)24-18-6-3-2-4-7-18/h9-10,12-13,18,20H,2-8,11,14H2,1H3,(H,24,29)(H,25,28)/t20-/m1/s1. The van der Waals surface area contributed by atoms with Gasteiger partial charge < -0.3 is 15.2 Å². The molecule has 2 N–H and O–H groups in total. The zero-order chi connectivity index (χ0) is 20.4. The molecule has 1 aromatic carbocycles. The normalized spacial score (nSPS) is 20.2. The summed E-state index contributed by atoms with van der Waals surface area (Å²) >= 11 is 0. The molecule has 6 nitrogen and oxygen atoms in total. The summed E-state index contributed by atoms with van der Waals surface area (Å²) in [5.41, 5.74) is 2.22. The number of nitrogens with zero attached hydrogens (tertiary/aromatic N) is 1. The second-order valence-electron chi connectivity index (χ2n) is 8.47. The smallest absolute Gasteiger partial charge is 0.251 e. The second kappa shape index (κ2) is 8.39. The molecule has 1 saturated carbocycles. The number of aryl methyl sites for hydroxylation is 1. The van der Waals surface area contributed by atoms with Gasteiger partial charge >= 0.3 is 0 Å². The molecule has 2 fully saturated rings. The van der Waals surface area contributed by atoms with E-state index in [0.29, 0.717) is 12.1 Å². The number of hydrogen-bond donors (Lipinski definition) is 2. The molecule has 1 aliphatic heterocycles. The number of fused-ring (bicyclic) bond motifs is 1. The predicted octanol–water partition coefficient (Wildman–Crippen LogP) is 2.82. The number of benzene rings is 1. The summed E-state index contributed by atoms with van der Waals surface area (Å²) in [5, 5.41) is 4.10. The highest BCUT2D eigenvalue weighted by molar-refractivity contribution is 5.90. The summed E-state index contributed by atoms with van der Waals surface area (Å²) in [5.74, 6) is 0.00116. The molecule has 154 valence electrons. The Balaban J connectivity index is 1.44. The molecule has 1 saturated heterocycles. The van der Waals surface area contributed by atoms with Gasteiger partial charge in [-0.2, -0.15) is 0 Å². The van der Waals surface area contributed by atoms with Crippen molar-refractivity contribution in [1.29, 1.82) is 0 Å². The fourth-order valence-electron chi connectivity index (χ4n) is 4.63. The van der Waals surface area contributed by atoms with Crippen LogP contribution in [0.2, 0.25) is 0 Å². The van der Waals surface area contributed by atoms with Gasteiger partial charge in [-0.05, 0) is 61.8 Å². The highest BCUT2D eigenvalue weighted by atomic mass is 16.2. The molecule has 2 aromatic rings. The minimum Gasteiger partial charge on any atom is -0.352 e. The maximum atomic E-state index is 13.0. The van der Waals surface area contributed by atoms with E-state index in [9.17, 15) is 14.4 Å². The number of aromatic nitrogens is 1. The first-order chi connectivity index (χ1) is 14.0. The van der Waals surface area contributed by atoms with Gasteiger partial charge in [-0.25, -0.2) is 0 Å². The van der Waals surface area contributed by atoms with E-state index in [1.807, 2.05) is 24.3 Å². The van der Waals surface area contributed by atoms with Gasteiger partial charge in [0, 0.05) is 23.7 Å². The SMILES string of the molecule is Cc1cc2cc(CC(=O)N3CCC[C@@H]3C(=O)NC3CCCCC3)ccc2[nH]c1=O. The molecule has 0 bridgehead atoms. The fourth-order valence-corrected chi connectivity index (χ4v) is 4.63. The summed E-state index contributed by atoms with van der Waals surface area (Å²) in [6.45, 7) is 2.41. The van der Waals surface area contributed by atoms with Crippen LogP contribution < -0.4 is 10.9 Å². The molecule has 2 aliphatic rings. The van der Waals surface area contributed by atoms with Gasteiger partial charge in [0.15, 0.2) is 0 Å². The maximum absolute atomic E-state index is 13.0. The van der Waals surface area contributed by atoms with Crippen LogP contribution in [0, 0.1) is 6.92 Å². The third-order valence-electron chi connectivity index (χ3n) is 6.28. The number of carbonyl (C=O) groups is 2. The zero-order valence-corrected chi connectivity index (χ0v) is 17.0. The molecule has 1 aromatic heterocycles. The van der Waals surface area contributed by atoms with Crippen LogP contribution in [0.5, 0.6) is 0 Å².